The van der Waals surface area contributed by atoms with Gasteiger partial charge in [0, 0.05) is 29.2 Å². The maximum Gasteiger partial charge on any atom is 0.140 e. The number of hydrogen-bond acceptors (Lipinski definition) is 2. The number of halogens is 1. The Balaban J connectivity index is 1.87. The smallest absolute Gasteiger partial charge is 0.140 e. The van der Waals surface area contributed by atoms with Crippen LogP contribution in [0.25, 0.3) is 0 Å². The molecule has 0 saturated heterocycles. The van der Waals surface area contributed by atoms with E-state index < -0.39 is 5.41 Å². The third kappa shape index (κ3) is 2.85. The van der Waals surface area contributed by atoms with E-state index in [0.29, 0.717) is 25.0 Å². The van der Waals surface area contributed by atoms with Crippen LogP contribution in [0.2, 0.25) is 0 Å². The second-order valence-corrected chi connectivity index (χ2v) is 8.51. The first kappa shape index (κ1) is 15.0. The largest absolute Gasteiger partial charge is 0.300 e. The molecule has 1 aromatic rings. The second kappa shape index (κ2) is 5.05. The molecule has 3 heteroatoms. The van der Waals surface area contributed by atoms with E-state index in [-0.39, 0.29) is 17.1 Å². The van der Waals surface area contributed by atoms with Gasteiger partial charge in [0.25, 0.3) is 0 Å². The fourth-order valence-electron chi connectivity index (χ4n) is 4.42. The Morgan fingerprint density at radius 3 is 2.38 bits per heavy atom. The van der Waals surface area contributed by atoms with Gasteiger partial charge in [-0.25, -0.2) is 0 Å². The summed E-state index contributed by atoms with van der Waals surface area (Å²) in [4.78, 5) is 24.8. The average molecular weight is 349 g/mol. The van der Waals surface area contributed by atoms with Crippen LogP contribution in [0.5, 0.6) is 0 Å². The van der Waals surface area contributed by atoms with Crippen LogP contribution < -0.4 is 0 Å². The number of carbonyl (C=O) groups is 2. The van der Waals surface area contributed by atoms with Gasteiger partial charge in [0.05, 0.1) is 0 Å². The summed E-state index contributed by atoms with van der Waals surface area (Å²) in [7, 11) is 0. The van der Waals surface area contributed by atoms with Crippen molar-refractivity contribution in [1.29, 1.82) is 0 Å². The maximum atomic E-state index is 12.7. The van der Waals surface area contributed by atoms with Crippen molar-refractivity contribution in [2.45, 2.75) is 51.9 Å². The van der Waals surface area contributed by atoms with Crippen molar-refractivity contribution in [3.63, 3.8) is 0 Å². The predicted molar refractivity (Wildman–Crippen MR) is 86.2 cm³/mol. The quantitative estimate of drug-likeness (QED) is 0.739. The fraction of sp³-hybridized carbons (Fsp3) is 0.556. The van der Waals surface area contributed by atoms with Crippen LogP contribution >= 0.6 is 15.9 Å². The number of carbonyl (C=O) groups excluding carboxylic acids is 2. The van der Waals surface area contributed by atoms with Crippen molar-refractivity contribution in [2.75, 3.05) is 0 Å². The van der Waals surface area contributed by atoms with E-state index in [1.165, 1.54) is 5.56 Å². The van der Waals surface area contributed by atoms with Gasteiger partial charge in [0.1, 0.15) is 11.6 Å². The van der Waals surface area contributed by atoms with Crippen LogP contribution in [-0.2, 0) is 9.59 Å². The molecule has 0 aliphatic heterocycles. The van der Waals surface area contributed by atoms with E-state index >= 15 is 0 Å². The lowest BCUT2D eigenvalue weighted by molar-refractivity contribution is -0.138. The Bertz CT molecular complexity index is 588. The van der Waals surface area contributed by atoms with Crippen LogP contribution in [0.1, 0.15) is 57.4 Å². The molecule has 1 spiro atoms. The van der Waals surface area contributed by atoms with Gasteiger partial charge in [-0.15, -0.1) is 0 Å². The van der Waals surface area contributed by atoms with Gasteiger partial charge in [0.15, 0.2) is 0 Å². The molecule has 21 heavy (non-hydrogen) atoms. The highest BCUT2D eigenvalue weighted by Crippen LogP contribution is 2.55. The Morgan fingerprint density at radius 2 is 1.76 bits per heavy atom. The van der Waals surface area contributed by atoms with Crippen molar-refractivity contribution in [1.82, 2.24) is 0 Å². The standard InChI is InChI=1S/C18H21BrO2/c1-17(2)9-15(20)10-18(11-17)8-13(7-16(18)21)12-3-5-14(19)6-4-12/h3-6,13H,7-11H2,1-2H3/t13-,18-/m1/s1. The molecule has 2 atom stereocenters. The topological polar surface area (TPSA) is 34.1 Å². The molecule has 2 fully saturated rings. The lowest BCUT2D eigenvalue weighted by atomic mass is 9.61. The van der Waals surface area contributed by atoms with Gasteiger partial charge >= 0.3 is 0 Å². The molecule has 0 aromatic heterocycles. The highest BCUT2D eigenvalue weighted by Gasteiger charge is 2.53. The van der Waals surface area contributed by atoms with Crippen molar-refractivity contribution in [2.24, 2.45) is 10.8 Å². The van der Waals surface area contributed by atoms with Crippen LogP contribution in [0.4, 0.5) is 0 Å². The Labute approximate surface area is 134 Å². The summed E-state index contributed by atoms with van der Waals surface area (Å²) in [5, 5.41) is 0. The third-order valence-corrected chi connectivity index (χ3v) is 5.56. The van der Waals surface area contributed by atoms with E-state index in [2.05, 4.69) is 41.9 Å². The zero-order valence-corrected chi connectivity index (χ0v) is 14.2. The second-order valence-electron chi connectivity index (χ2n) is 7.59. The van der Waals surface area contributed by atoms with Crippen molar-refractivity contribution in [3.8, 4) is 0 Å². The van der Waals surface area contributed by atoms with Crippen molar-refractivity contribution < 1.29 is 9.59 Å². The predicted octanol–water partition coefficient (Wildman–Crippen LogP) is 4.66. The normalized spacial score (nSPS) is 31.9. The number of benzene rings is 1. The highest BCUT2D eigenvalue weighted by molar-refractivity contribution is 9.10. The molecule has 0 radical (unpaired) electrons. The molecule has 0 amide bonds. The molecule has 0 unspecified atom stereocenters. The van der Waals surface area contributed by atoms with Gasteiger partial charge in [0.2, 0.25) is 0 Å². The lowest BCUT2D eigenvalue weighted by Gasteiger charge is -2.41. The molecule has 1 aromatic carbocycles. The van der Waals surface area contributed by atoms with Crippen LogP contribution in [0, 0.1) is 10.8 Å². The summed E-state index contributed by atoms with van der Waals surface area (Å²) < 4.78 is 1.05. The Kier molecular flexibility index (Phi) is 3.59. The molecule has 3 rings (SSSR count). The van der Waals surface area contributed by atoms with Gasteiger partial charge in [-0.2, -0.15) is 0 Å². The van der Waals surface area contributed by atoms with E-state index in [9.17, 15) is 9.59 Å². The van der Waals surface area contributed by atoms with E-state index in [4.69, 9.17) is 0 Å². The van der Waals surface area contributed by atoms with Crippen molar-refractivity contribution in [3.05, 3.63) is 34.3 Å². The van der Waals surface area contributed by atoms with Gasteiger partial charge in [-0.05, 0) is 41.9 Å². The number of rotatable bonds is 1. The number of Topliss-reactive ketones (excluding diaryl/α,β-unsaturated/α-hetero) is 2. The SMILES string of the molecule is CC1(C)CC(=O)C[C@]2(C[C@H](c3ccc(Br)cc3)CC2=O)C1. The first-order valence-electron chi connectivity index (χ1n) is 7.60. The molecular weight excluding hydrogens is 328 g/mol. The minimum Gasteiger partial charge on any atom is -0.300 e. The molecule has 2 nitrogen and oxygen atoms in total. The monoisotopic (exact) mass is 348 g/mol. The van der Waals surface area contributed by atoms with E-state index in [1.54, 1.807) is 0 Å². The van der Waals surface area contributed by atoms with Gasteiger partial charge in [-0.3, -0.25) is 9.59 Å². The van der Waals surface area contributed by atoms with E-state index in [1.807, 2.05) is 12.1 Å². The molecule has 0 heterocycles. The first-order valence-corrected chi connectivity index (χ1v) is 8.40. The molecule has 112 valence electrons. The molecule has 2 saturated carbocycles. The Morgan fingerprint density at radius 1 is 1.10 bits per heavy atom. The summed E-state index contributed by atoms with van der Waals surface area (Å²) in [6, 6.07) is 8.25. The molecular formula is C18H21BrO2. The lowest BCUT2D eigenvalue weighted by Crippen LogP contribution is -2.40. The summed E-state index contributed by atoms with van der Waals surface area (Å²) in [5.74, 6) is 0.833. The first-order chi connectivity index (χ1) is 9.80. The highest BCUT2D eigenvalue weighted by atomic mass is 79.9. The summed E-state index contributed by atoms with van der Waals surface area (Å²) in [5.41, 5.74) is 0.787. The summed E-state index contributed by atoms with van der Waals surface area (Å²) in [6.07, 6.45) is 3.36. The van der Waals surface area contributed by atoms with E-state index in [0.717, 1.165) is 17.3 Å². The minimum absolute atomic E-state index is 0.0421. The summed E-state index contributed by atoms with van der Waals surface area (Å²) >= 11 is 3.45. The zero-order chi connectivity index (χ0) is 15.3. The zero-order valence-electron chi connectivity index (χ0n) is 12.6. The average Bonchev–Trinajstić information content (AvgIpc) is 2.64. The molecule has 0 N–H and O–H groups in total. The van der Waals surface area contributed by atoms with Gasteiger partial charge in [-0.1, -0.05) is 41.9 Å². The number of ketones is 2. The van der Waals surface area contributed by atoms with Crippen LogP contribution in [0.3, 0.4) is 0 Å². The fourth-order valence-corrected chi connectivity index (χ4v) is 4.69. The van der Waals surface area contributed by atoms with Crippen LogP contribution in [-0.4, -0.2) is 11.6 Å². The molecule has 2 aliphatic rings. The third-order valence-electron chi connectivity index (χ3n) is 5.03. The summed E-state index contributed by atoms with van der Waals surface area (Å²) in [6.45, 7) is 4.23. The van der Waals surface area contributed by atoms with Crippen molar-refractivity contribution >= 4 is 27.5 Å². The van der Waals surface area contributed by atoms with Crippen LogP contribution in [0.15, 0.2) is 28.7 Å². The Hall–Kier alpha value is -0.960. The molecule has 2 aliphatic carbocycles. The number of hydrogen-bond donors (Lipinski definition) is 0. The maximum absolute atomic E-state index is 12.7. The molecule has 0 bridgehead atoms. The van der Waals surface area contributed by atoms with Gasteiger partial charge < -0.3 is 0 Å². The minimum atomic E-state index is -0.392.